The van der Waals surface area contributed by atoms with Crippen molar-refractivity contribution in [3.63, 3.8) is 0 Å². The van der Waals surface area contributed by atoms with Crippen LogP contribution in [0.5, 0.6) is 0 Å². The van der Waals surface area contributed by atoms with Gasteiger partial charge in [-0.05, 0) is 38.2 Å². The minimum atomic E-state index is -0.425. The van der Waals surface area contributed by atoms with Crippen LogP contribution < -0.4 is 16.2 Å². The lowest BCUT2D eigenvalue weighted by molar-refractivity contribution is -0.121. The van der Waals surface area contributed by atoms with Gasteiger partial charge in [0.1, 0.15) is 6.04 Å². The molecule has 1 amide bonds. The summed E-state index contributed by atoms with van der Waals surface area (Å²) in [6.45, 7) is 6.37. The third kappa shape index (κ3) is 5.20. The molecule has 2 heterocycles. The number of nitrogens with zero attached hydrogens (tertiary/aromatic N) is 3. The maximum Gasteiger partial charge on any atom is 0.275 e. The Hall–Kier alpha value is -1.61. The molecule has 2 N–H and O–H groups in total. The second-order valence-corrected chi connectivity index (χ2v) is 7.64. The molecule has 0 aromatic carbocycles. The van der Waals surface area contributed by atoms with Crippen LogP contribution in [0.25, 0.3) is 4.96 Å². The predicted octanol–water partition coefficient (Wildman–Crippen LogP) is 1.91. The molecule has 0 bridgehead atoms. The number of hydrogen-bond donors (Lipinski definition) is 2. The van der Waals surface area contributed by atoms with Crippen LogP contribution in [0.1, 0.15) is 32.4 Å². The summed E-state index contributed by atoms with van der Waals surface area (Å²) in [6.07, 6.45) is 2.14. The topological polar surface area (TPSA) is 88.4 Å². The fourth-order valence-corrected chi connectivity index (χ4v) is 3.79. The molecule has 1 atom stereocenters. The number of rotatable bonds is 9. The number of hydrogen-bond acceptors (Lipinski definition) is 7. The number of carbonyl (C=O) groups is 1. The summed E-state index contributed by atoms with van der Waals surface area (Å²) in [5.74, 6) is 2.14. The number of fused-ring (bicyclic) bond motifs is 1. The monoisotopic (exact) mass is 369 g/mol. The van der Waals surface area contributed by atoms with E-state index in [4.69, 9.17) is 0 Å². The van der Waals surface area contributed by atoms with Gasteiger partial charge in [0.15, 0.2) is 0 Å². The molecule has 0 saturated heterocycles. The first-order valence-corrected chi connectivity index (χ1v) is 9.98. The van der Waals surface area contributed by atoms with Crippen molar-refractivity contribution in [3.8, 4) is 0 Å². The third-order valence-electron chi connectivity index (χ3n) is 3.22. The quantitative estimate of drug-likeness (QED) is 0.657. The summed E-state index contributed by atoms with van der Waals surface area (Å²) in [5, 5.41) is 10.6. The zero-order chi connectivity index (χ0) is 17.5. The van der Waals surface area contributed by atoms with Crippen molar-refractivity contribution >= 4 is 39.1 Å². The Balaban J connectivity index is 1.85. The van der Waals surface area contributed by atoms with Crippen LogP contribution in [-0.2, 0) is 4.79 Å². The van der Waals surface area contributed by atoms with Gasteiger partial charge in [0.05, 0.1) is 0 Å². The van der Waals surface area contributed by atoms with Gasteiger partial charge < -0.3 is 10.6 Å². The molecule has 0 fully saturated rings. The van der Waals surface area contributed by atoms with Crippen molar-refractivity contribution in [3.05, 3.63) is 22.1 Å². The van der Waals surface area contributed by atoms with Gasteiger partial charge in [-0.1, -0.05) is 18.3 Å². The van der Waals surface area contributed by atoms with Crippen LogP contribution in [0.4, 0.5) is 5.13 Å². The van der Waals surface area contributed by atoms with Gasteiger partial charge in [0, 0.05) is 18.3 Å². The van der Waals surface area contributed by atoms with Gasteiger partial charge in [-0.15, -0.1) is 5.10 Å². The Morgan fingerprint density at radius 3 is 3.00 bits per heavy atom. The largest absolute Gasteiger partial charge is 0.354 e. The third-order valence-corrected chi connectivity index (χ3v) is 5.33. The van der Waals surface area contributed by atoms with Gasteiger partial charge in [-0.3, -0.25) is 9.59 Å². The highest BCUT2D eigenvalue weighted by molar-refractivity contribution is 7.99. The fourth-order valence-electron chi connectivity index (χ4n) is 2.01. The summed E-state index contributed by atoms with van der Waals surface area (Å²) < 4.78 is 1.25. The molecular formula is C15H23N5O2S2. The number of aryl methyl sites for hydroxylation is 1. The van der Waals surface area contributed by atoms with E-state index in [0.29, 0.717) is 22.3 Å². The van der Waals surface area contributed by atoms with Crippen LogP contribution in [0.2, 0.25) is 0 Å². The summed E-state index contributed by atoms with van der Waals surface area (Å²) in [6, 6.07) is 1.01. The van der Waals surface area contributed by atoms with E-state index in [0.717, 1.165) is 17.9 Å². The Labute approximate surface area is 149 Å². The van der Waals surface area contributed by atoms with E-state index in [-0.39, 0.29) is 11.5 Å². The van der Waals surface area contributed by atoms with Crippen LogP contribution in [-0.4, -0.2) is 44.6 Å². The SMILES string of the molecule is CCCSCCCNC(=O)C(C)Nc1nn2c(=O)cc(C)nc2s1. The second kappa shape index (κ2) is 9.03. The van der Waals surface area contributed by atoms with Crippen molar-refractivity contribution in [2.45, 2.75) is 39.7 Å². The standard InChI is InChI=1S/C15H23N5O2S2/c1-4-7-23-8-5-6-16-13(22)11(3)18-14-19-20-12(21)9-10(2)17-15(20)24-14/h9,11H,4-8H2,1-3H3,(H,16,22)(H,18,19). The molecule has 0 saturated carbocycles. The van der Waals surface area contributed by atoms with Crippen LogP contribution in [0, 0.1) is 6.92 Å². The van der Waals surface area contributed by atoms with Gasteiger partial charge in [0.25, 0.3) is 5.56 Å². The summed E-state index contributed by atoms with van der Waals surface area (Å²) in [7, 11) is 0. The molecule has 7 nitrogen and oxygen atoms in total. The maximum atomic E-state index is 12.1. The van der Waals surface area contributed by atoms with Gasteiger partial charge in [0.2, 0.25) is 16.0 Å². The van der Waals surface area contributed by atoms with E-state index in [1.54, 1.807) is 13.8 Å². The Bertz CT molecular complexity index is 743. The number of thioether (sulfide) groups is 1. The lowest BCUT2D eigenvalue weighted by atomic mass is 10.3. The molecule has 132 valence electrons. The van der Waals surface area contributed by atoms with Crippen molar-refractivity contribution in [2.24, 2.45) is 0 Å². The Morgan fingerprint density at radius 1 is 1.46 bits per heavy atom. The van der Waals surface area contributed by atoms with E-state index in [1.807, 2.05) is 11.8 Å². The van der Waals surface area contributed by atoms with E-state index in [2.05, 4.69) is 27.6 Å². The maximum absolute atomic E-state index is 12.1. The van der Waals surface area contributed by atoms with E-state index < -0.39 is 6.04 Å². The average molecular weight is 370 g/mol. The molecule has 2 rings (SSSR count). The van der Waals surface area contributed by atoms with E-state index in [9.17, 15) is 9.59 Å². The van der Waals surface area contributed by atoms with Gasteiger partial charge >= 0.3 is 0 Å². The molecule has 0 spiro atoms. The molecule has 0 radical (unpaired) electrons. The molecular weight excluding hydrogens is 346 g/mol. The fraction of sp³-hybridized carbons (Fsp3) is 0.600. The molecule has 24 heavy (non-hydrogen) atoms. The summed E-state index contributed by atoms with van der Waals surface area (Å²) in [4.78, 5) is 28.7. The van der Waals surface area contributed by atoms with Crippen LogP contribution in [0.15, 0.2) is 10.9 Å². The molecule has 2 aromatic rings. The smallest absolute Gasteiger partial charge is 0.275 e. The molecule has 1 unspecified atom stereocenters. The van der Waals surface area contributed by atoms with Crippen molar-refractivity contribution in [2.75, 3.05) is 23.4 Å². The van der Waals surface area contributed by atoms with Crippen LogP contribution >= 0.6 is 23.1 Å². The lowest BCUT2D eigenvalue weighted by Gasteiger charge is -2.12. The molecule has 0 aliphatic rings. The zero-order valence-electron chi connectivity index (χ0n) is 14.2. The highest BCUT2D eigenvalue weighted by Gasteiger charge is 2.15. The highest BCUT2D eigenvalue weighted by Crippen LogP contribution is 2.17. The molecule has 0 aliphatic heterocycles. The lowest BCUT2D eigenvalue weighted by Crippen LogP contribution is -2.38. The number of carbonyl (C=O) groups excluding carboxylic acids is 1. The minimum absolute atomic E-state index is 0.0776. The number of amides is 1. The number of anilines is 1. The Kier molecular flexibility index (Phi) is 7.04. The van der Waals surface area contributed by atoms with Gasteiger partial charge in [-0.25, -0.2) is 4.98 Å². The molecule has 2 aromatic heterocycles. The highest BCUT2D eigenvalue weighted by atomic mass is 32.2. The normalized spacial score (nSPS) is 12.3. The predicted molar refractivity (Wildman–Crippen MR) is 100 cm³/mol. The molecule has 0 aliphatic carbocycles. The number of aromatic nitrogens is 3. The minimum Gasteiger partial charge on any atom is -0.354 e. The summed E-state index contributed by atoms with van der Waals surface area (Å²) in [5.41, 5.74) is 0.436. The average Bonchev–Trinajstić information content (AvgIpc) is 2.93. The Morgan fingerprint density at radius 2 is 2.25 bits per heavy atom. The van der Waals surface area contributed by atoms with E-state index >= 15 is 0 Å². The zero-order valence-corrected chi connectivity index (χ0v) is 15.8. The molecule has 9 heteroatoms. The summed E-state index contributed by atoms with van der Waals surface area (Å²) >= 11 is 3.16. The first-order valence-electron chi connectivity index (χ1n) is 8.00. The second-order valence-electron chi connectivity index (χ2n) is 5.46. The number of nitrogens with one attached hydrogen (secondary N) is 2. The first-order chi connectivity index (χ1) is 11.5. The first kappa shape index (κ1) is 18.7. The van der Waals surface area contributed by atoms with Gasteiger partial charge in [-0.2, -0.15) is 16.3 Å². The van der Waals surface area contributed by atoms with Crippen molar-refractivity contribution in [1.29, 1.82) is 0 Å². The van der Waals surface area contributed by atoms with Crippen LogP contribution in [0.3, 0.4) is 0 Å². The van der Waals surface area contributed by atoms with Crippen molar-refractivity contribution in [1.82, 2.24) is 19.9 Å². The van der Waals surface area contributed by atoms with E-state index in [1.165, 1.54) is 28.3 Å². The van der Waals surface area contributed by atoms with Crippen molar-refractivity contribution < 1.29 is 4.79 Å².